The van der Waals surface area contributed by atoms with Crippen LogP contribution < -0.4 is 5.73 Å². The first-order valence-electron chi connectivity index (χ1n) is 6.33. The van der Waals surface area contributed by atoms with Gasteiger partial charge in [-0.3, -0.25) is 4.79 Å². The molecule has 1 fully saturated rings. The molecule has 4 heteroatoms. The molecule has 1 aliphatic rings. The van der Waals surface area contributed by atoms with Crippen molar-refractivity contribution in [3.05, 3.63) is 0 Å². The van der Waals surface area contributed by atoms with Gasteiger partial charge in [-0.2, -0.15) is 0 Å². The Morgan fingerprint density at radius 1 is 1.56 bits per heavy atom. The smallest absolute Gasteiger partial charge is 0.227 e. The Bertz CT molecular complexity index is 215. The predicted octanol–water partition coefficient (Wildman–Crippen LogP) is 0.999. The van der Waals surface area contributed by atoms with Crippen LogP contribution in [0.3, 0.4) is 0 Å². The fraction of sp³-hybridized carbons (Fsp3) is 0.917. The summed E-state index contributed by atoms with van der Waals surface area (Å²) in [5.41, 5.74) is 5.61. The second-order valence-corrected chi connectivity index (χ2v) is 4.34. The molecule has 0 radical (unpaired) electrons. The summed E-state index contributed by atoms with van der Waals surface area (Å²) in [4.78, 5) is 14.0. The Morgan fingerprint density at radius 3 is 2.88 bits per heavy atom. The molecule has 1 heterocycles. The molecule has 16 heavy (non-hydrogen) atoms. The number of nitrogens with zero attached hydrogens (tertiary/aromatic N) is 1. The number of nitrogens with two attached hydrogens (primary N) is 1. The van der Waals surface area contributed by atoms with Crippen LogP contribution in [0, 0.1) is 5.92 Å². The van der Waals surface area contributed by atoms with Gasteiger partial charge in [-0.1, -0.05) is 6.92 Å². The van der Waals surface area contributed by atoms with E-state index in [1.807, 2.05) is 18.7 Å². The number of carbonyl (C=O) groups is 1. The molecule has 1 aliphatic heterocycles. The van der Waals surface area contributed by atoms with Crippen LogP contribution in [0.25, 0.3) is 0 Å². The summed E-state index contributed by atoms with van der Waals surface area (Å²) < 4.78 is 5.59. The van der Waals surface area contributed by atoms with E-state index in [2.05, 4.69) is 0 Å². The highest BCUT2D eigenvalue weighted by Crippen LogP contribution is 2.16. The molecule has 4 nitrogen and oxygen atoms in total. The normalized spacial score (nSPS) is 23.2. The third kappa shape index (κ3) is 3.46. The molecular weight excluding hydrogens is 204 g/mol. The second-order valence-electron chi connectivity index (χ2n) is 4.34. The number of hydrogen-bond acceptors (Lipinski definition) is 3. The number of piperidine rings is 1. The number of hydrogen-bond donors (Lipinski definition) is 1. The Morgan fingerprint density at radius 2 is 2.31 bits per heavy atom. The number of carbonyl (C=O) groups excluding carboxylic acids is 1. The van der Waals surface area contributed by atoms with Crippen molar-refractivity contribution in [2.45, 2.75) is 39.2 Å². The van der Waals surface area contributed by atoms with E-state index >= 15 is 0 Å². The van der Waals surface area contributed by atoms with Gasteiger partial charge in [0.25, 0.3) is 0 Å². The van der Waals surface area contributed by atoms with Gasteiger partial charge in [-0.15, -0.1) is 0 Å². The number of rotatable bonds is 5. The van der Waals surface area contributed by atoms with Crippen molar-refractivity contribution in [2.75, 3.05) is 26.2 Å². The molecule has 0 aromatic heterocycles. The highest BCUT2D eigenvalue weighted by Gasteiger charge is 2.27. The molecule has 94 valence electrons. The summed E-state index contributed by atoms with van der Waals surface area (Å²) in [6.45, 7) is 6.78. The van der Waals surface area contributed by atoms with Crippen molar-refractivity contribution in [1.29, 1.82) is 0 Å². The zero-order valence-electron chi connectivity index (χ0n) is 10.4. The third-order valence-electron chi connectivity index (χ3n) is 3.22. The summed E-state index contributed by atoms with van der Waals surface area (Å²) in [5.74, 6) is 0.190. The van der Waals surface area contributed by atoms with Gasteiger partial charge in [0, 0.05) is 26.2 Å². The Labute approximate surface area is 98.1 Å². The summed E-state index contributed by atoms with van der Waals surface area (Å²) in [7, 11) is 0. The molecule has 1 rings (SSSR count). The molecule has 1 amide bonds. The van der Waals surface area contributed by atoms with E-state index in [0.717, 1.165) is 39.0 Å². The van der Waals surface area contributed by atoms with Gasteiger partial charge in [-0.25, -0.2) is 0 Å². The van der Waals surface area contributed by atoms with E-state index in [1.165, 1.54) is 0 Å². The molecular formula is C12H24N2O2. The predicted molar refractivity (Wildman–Crippen MR) is 64.1 cm³/mol. The average molecular weight is 228 g/mol. The van der Waals surface area contributed by atoms with Crippen molar-refractivity contribution >= 4 is 5.91 Å². The van der Waals surface area contributed by atoms with Crippen LogP contribution in [0.2, 0.25) is 0 Å². The van der Waals surface area contributed by atoms with Crippen LogP contribution in [-0.4, -0.2) is 43.2 Å². The zero-order chi connectivity index (χ0) is 12.0. The Hall–Kier alpha value is -0.610. The molecule has 2 unspecified atom stereocenters. The van der Waals surface area contributed by atoms with Crippen LogP contribution in [0.4, 0.5) is 0 Å². The minimum atomic E-state index is -0.0135. The topological polar surface area (TPSA) is 55.6 Å². The highest BCUT2D eigenvalue weighted by atomic mass is 16.5. The van der Waals surface area contributed by atoms with Crippen LogP contribution in [0.1, 0.15) is 33.1 Å². The minimum Gasteiger partial charge on any atom is -0.377 e. The second kappa shape index (κ2) is 6.86. The van der Waals surface area contributed by atoms with Crippen LogP contribution in [0.5, 0.6) is 0 Å². The first-order chi connectivity index (χ1) is 7.72. The summed E-state index contributed by atoms with van der Waals surface area (Å²) in [5, 5.41) is 0. The van der Waals surface area contributed by atoms with Crippen LogP contribution in [0.15, 0.2) is 0 Å². The van der Waals surface area contributed by atoms with E-state index in [4.69, 9.17) is 10.5 Å². The molecule has 0 aromatic carbocycles. The van der Waals surface area contributed by atoms with Gasteiger partial charge < -0.3 is 15.4 Å². The lowest BCUT2D eigenvalue weighted by Crippen LogP contribution is -2.46. The summed E-state index contributed by atoms with van der Waals surface area (Å²) >= 11 is 0. The lowest BCUT2D eigenvalue weighted by atomic mass is 10.0. The van der Waals surface area contributed by atoms with Crippen molar-refractivity contribution in [2.24, 2.45) is 11.7 Å². The van der Waals surface area contributed by atoms with E-state index in [-0.39, 0.29) is 17.9 Å². The Kier molecular flexibility index (Phi) is 5.77. The number of ether oxygens (including phenoxy) is 1. The molecule has 0 spiro atoms. The molecule has 1 saturated heterocycles. The fourth-order valence-corrected chi connectivity index (χ4v) is 2.21. The van der Waals surface area contributed by atoms with E-state index in [0.29, 0.717) is 6.54 Å². The molecule has 2 N–H and O–H groups in total. The summed E-state index contributed by atoms with van der Waals surface area (Å²) in [6.07, 6.45) is 3.15. The Balaban J connectivity index is 2.49. The lowest BCUT2D eigenvalue weighted by Gasteiger charge is -2.34. The minimum absolute atomic E-state index is 0.0135. The maximum Gasteiger partial charge on any atom is 0.227 e. The van der Waals surface area contributed by atoms with Gasteiger partial charge in [0.05, 0.1) is 12.0 Å². The van der Waals surface area contributed by atoms with Crippen molar-refractivity contribution in [3.8, 4) is 0 Å². The average Bonchev–Trinajstić information content (AvgIpc) is 2.31. The standard InChI is InChI=1S/C12H24N2O2/c1-3-10(8-13)12(15)14-7-5-6-11(9-14)16-4-2/h10-11H,3-9,13H2,1-2H3. The molecule has 0 bridgehead atoms. The lowest BCUT2D eigenvalue weighted by molar-refractivity contribution is -0.139. The molecule has 0 aliphatic carbocycles. The highest BCUT2D eigenvalue weighted by molar-refractivity contribution is 5.79. The maximum atomic E-state index is 12.1. The number of likely N-dealkylation sites (tertiary alicyclic amines) is 1. The van der Waals surface area contributed by atoms with Crippen molar-refractivity contribution in [3.63, 3.8) is 0 Å². The van der Waals surface area contributed by atoms with Gasteiger partial charge in [0.15, 0.2) is 0 Å². The van der Waals surface area contributed by atoms with Gasteiger partial charge >= 0.3 is 0 Å². The third-order valence-corrected chi connectivity index (χ3v) is 3.22. The van der Waals surface area contributed by atoms with E-state index < -0.39 is 0 Å². The quantitative estimate of drug-likeness (QED) is 0.763. The SMILES string of the molecule is CCOC1CCCN(C(=O)C(CC)CN)C1. The van der Waals surface area contributed by atoms with Crippen molar-refractivity contribution in [1.82, 2.24) is 4.90 Å². The molecule has 0 aromatic rings. The molecule has 0 saturated carbocycles. The first kappa shape index (κ1) is 13.5. The van der Waals surface area contributed by atoms with Gasteiger partial charge in [0.2, 0.25) is 5.91 Å². The summed E-state index contributed by atoms with van der Waals surface area (Å²) in [6, 6.07) is 0. The van der Waals surface area contributed by atoms with Gasteiger partial charge in [0.1, 0.15) is 0 Å². The van der Waals surface area contributed by atoms with E-state index in [1.54, 1.807) is 0 Å². The molecule has 2 atom stereocenters. The van der Waals surface area contributed by atoms with Crippen molar-refractivity contribution < 1.29 is 9.53 Å². The monoisotopic (exact) mass is 228 g/mol. The largest absolute Gasteiger partial charge is 0.377 e. The maximum absolute atomic E-state index is 12.1. The van der Waals surface area contributed by atoms with Crippen LogP contribution in [-0.2, 0) is 9.53 Å². The van der Waals surface area contributed by atoms with E-state index in [9.17, 15) is 4.79 Å². The van der Waals surface area contributed by atoms with Crippen LogP contribution >= 0.6 is 0 Å². The van der Waals surface area contributed by atoms with Gasteiger partial charge in [-0.05, 0) is 26.2 Å². The first-order valence-corrected chi connectivity index (χ1v) is 6.33. The zero-order valence-corrected chi connectivity index (χ0v) is 10.4. The number of amides is 1. The fourth-order valence-electron chi connectivity index (χ4n) is 2.21.